The lowest BCUT2D eigenvalue weighted by Gasteiger charge is -2.23. The van der Waals surface area contributed by atoms with Gasteiger partial charge in [0.2, 0.25) is 0 Å². The highest BCUT2D eigenvalue weighted by atomic mass is 15.1. The highest BCUT2D eigenvalue weighted by molar-refractivity contribution is 5.63. The van der Waals surface area contributed by atoms with Crippen LogP contribution < -0.4 is 10.6 Å². The zero-order chi connectivity index (χ0) is 10.7. The SMILES string of the molecule is Cc1c(N)cccc1N(C)CC(C)C. The van der Waals surface area contributed by atoms with Crippen molar-refractivity contribution in [3.63, 3.8) is 0 Å². The van der Waals surface area contributed by atoms with Gasteiger partial charge in [0.1, 0.15) is 0 Å². The molecule has 0 bridgehead atoms. The monoisotopic (exact) mass is 192 g/mol. The van der Waals surface area contributed by atoms with E-state index < -0.39 is 0 Å². The van der Waals surface area contributed by atoms with Crippen molar-refractivity contribution >= 4 is 11.4 Å². The van der Waals surface area contributed by atoms with Crippen molar-refractivity contribution in [2.45, 2.75) is 20.8 Å². The number of hydrogen-bond acceptors (Lipinski definition) is 2. The summed E-state index contributed by atoms with van der Waals surface area (Å²) in [6.45, 7) is 7.57. The Morgan fingerprint density at radius 1 is 1.36 bits per heavy atom. The molecule has 0 saturated heterocycles. The molecule has 1 aromatic rings. The van der Waals surface area contributed by atoms with Gasteiger partial charge >= 0.3 is 0 Å². The fourth-order valence-electron chi connectivity index (χ4n) is 1.70. The van der Waals surface area contributed by atoms with E-state index in [1.165, 1.54) is 11.3 Å². The minimum atomic E-state index is 0.667. The van der Waals surface area contributed by atoms with Crippen LogP contribution in [0.2, 0.25) is 0 Å². The van der Waals surface area contributed by atoms with Crippen LogP contribution in [0, 0.1) is 12.8 Å². The van der Waals surface area contributed by atoms with Gasteiger partial charge in [0.25, 0.3) is 0 Å². The molecule has 0 heterocycles. The average molecular weight is 192 g/mol. The molecule has 0 aliphatic rings. The Bertz CT molecular complexity index is 305. The number of anilines is 2. The lowest BCUT2D eigenvalue weighted by molar-refractivity contribution is 0.638. The van der Waals surface area contributed by atoms with Crippen molar-refractivity contribution in [3.8, 4) is 0 Å². The molecule has 2 nitrogen and oxygen atoms in total. The number of hydrogen-bond donors (Lipinski definition) is 1. The molecule has 0 unspecified atom stereocenters. The van der Waals surface area contributed by atoms with Gasteiger partial charge in [0, 0.05) is 25.0 Å². The van der Waals surface area contributed by atoms with Gasteiger partial charge in [-0.15, -0.1) is 0 Å². The summed E-state index contributed by atoms with van der Waals surface area (Å²) in [6, 6.07) is 6.07. The maximum absolute atomic E-state index is 5.86. The van der Waals surface area contributed by atoms with E-state index >= 15 is 0 Å². The first-order valence-corrected chi connectivity index (χ1v) is 5.08. The van der Waals surface area contributed by atoms with E-state index in [2.05, 4.69) is 38.8 Å². The first kappa shape index (κ1) is 10.9. The lowest BCUT2D eigenvalue weighted by atomic mass is 10.1. The van der Waals surface area contributed by atoms with Crippen LogP contribution in [-0.4, -0.2) is 13.6 Å². The molecule has 2 heteroatoms. The minimum Gasteiger partial charge on any atom is -0.398 e. The van der Waals surface area contributed by atoms with E-state index in [1.807, 2.05) is 12.1 Å². The molecule has 0 radical (unpaired) electrons. The summed E-state index contributed by atoms with van der Waals surface area (Å²) in [7, 11) is 2.11. The molecule has 1 aromatic carbocycles. The summed E-state index contributed by atoms with van der Waals surface area (Å²) >= 11 is 0. The van der Waals surface area contributed by atoms with Gasteiger partial charge in [-0.3, -0.25) is 0 Å². The lowest BCUT2D eigenvalue weighted by Crippen LogP contribution is -2.23. The van der Waals surface area contributed by atoms with Gasteiger partial charge in [-0.25, -0.2) is 0 Å². The smallest absolute Gasteiger partial charge is 0.0414 e. The topological polar surface area (TPSA) is 29.3 Å². The van der Waals surface area contributed by atoms with Gasteiger partial charge < -0.3 is 10.6 Å². The van der Waals surface area contributed by atoms with Crippen LogP contribution in [0.4, 0.5) is 11.4 Å². The predicted octanol–water partition coefficient (Wildman–Crippen LogP) is 2.67. The van der Waals surface area contributed by atoms with E-state index in [-0.39, 0.29) is 0 Å². The van der Waals surface area contributed by atoms with Crippen LogP contribution in [0.15, 0.2) is 18.2 Å². The van der Waals surface area contributed by atoms with Crippen molar-refractivity contribution in [3.05, 3.63) is 23.8 Å². The zero-order valence-corrected chi connectivity index (χ0v) is 9.54. The van der Waals surface area contributed by atoms with Crippen molar-refractivity contribution in [1.29, 1.82) is 0 Å². The Balaban J connectivity index is 2.89. The number of benzene rings is 1. The Morgan fingerprint density at radius 2 is 2.00 bits per heavy atom. The molecule has 0 amide bonds. The third-order valence-corrected chi connectivity index (χ3v) is 2.40. The summed E-state index contributed by atoms with van der Waals surface area (Å²) in [5, 5.41) is 0. The van der Waals surface area contributed by atoms with Gasteiger partial charge in [0.05, 0.1) is 0 Å². The molecule has 0 aromatic heterocycles. The summed E-state index contributed by atoms with van der Waals surface area (Å²) in [6.07, 6.45) is 0. The number of nitrogens with two attached hydrogens (primary N) is 1. The molecular formula is C12H20N2. The van der Waals surface area contributed by atoms with Gasteiger partial charge in [-0.1, -0.05) is 19.9 Å². The third-order valence-electron chi connectivity index (χ3n) is 2.40. The van der Waals surface area contributed by atoms with Crippen LogP contribution >= 0.6 is 0 Å². The predicted molar refractivity (Wildman–Crippen MR) is 63.7 cm³/mol. The molecule has 78 valence electrons. The van der Waals surface area contributed by atoms with E-state index in [9.17, 15) is 0 Å². The quantitative estimate of drug-likeness (QED) is 0.746. The van der Waals surface area contributed by atoms with Crippen LogP contribution in [0.3, 0.4) is 0 Å². The van der Waals surface area contributed by atoms with E-state index in [4.69, 9.17) is 5.73 Å². The molecule has 2 N–H and O–H groups in total. The zero-order valence-electron chi connectivity index (χ0n) is 9.54. The largest absolute Gasteiger partial charge is 0.398 e. The molecule has 0 aliphatic heterocycles. The molecule has 0 aliphatic carbocycles. The van der Waals surface area contributed by atoms with Crippen molar-refractivity contribution in [2.24, 2.45) is 5.92 Å². The maximum Gasteiger partial charge on any atom is 0.0414 e. The third kappa shape index (κ3) is 2.41. The Kier molecular flexibility index (Phi) is 3.39. The second-order valence-electron chi connectivity index (χ2n) is 4.27. The molecular weight excluding hydrogens is 172 g/mol. The Morgan fingerprint density at radius 3 is 2.57 bits per heavy atom. The van der Waals surface area contributed by atoms with Crippen molar-refractivity contribution < 1.29 is 0 Å². The summed E-state index contributed by atoms with van der Waals surface area (Å²) < 4.78 is 0. The fraction of sp³-hybridized carbons (Fsp3) is 0.500. The van der Waals surface area contributed by atoms with Crippen molar-refractivity contribution in [2.75, 3.05) is 24.2 Å². The Labute approximate surface area is 86.7 Å². The summed E-state index contributed by atoms with van der Waals surface area (Å²) in [5.74, 6) is 0.667. The second-order valence-corrected chi connectivity index (χ2v) is 4.27. The van der Waals surface area contributed by atoms with Gasteiger partial charge in [-0.05, 0) is 30.5 Å². The minimum absolute atomic E-state index is 0.667. The summed E-state index contributed by atoms with van der Waals surface area (Å²) in [4.78, 5) is 2.26. The van der Waals surface area contributed by atoms with E-state index in [0.717, 1.165) is 12.2 Å². The number of nitrogen functional groups attached to an aromatic ring is 1. The van der Waals surface area contributed by atoms with Crippen LogP contribution in [0.25, 0.3) is 0 Å². The highest BCUT2D eigenvalue weighted by Crippen LogP contribution is 2.24. The molecule has 0 fully saturated rings. The highest BCUT2D eigenvalue weighted by Gasteiger charge is 2.07. The maximum atomic E-state index is 5.86. The number of rotatable bonds is 3. The Hall–Kier alpha value is -1.18. The second kappa shape index (κ2) is 4.36. The van der Waals surface area contributed by atoms with Crippen LogP contribution in [0.5, 0.6) is 0 Å². The van der Waals surface area contributed by atoms with Crippen LogP contribution in [0.1, 0.15) is 19.4 Å². The molecule has 0 spiro atoms. The first-order valence-electron chi connectivity index (χ1n) is 5.08. The molecule has 1 rings (SSSR count). The van der Waals surface area contributed by atoms with Gasteiger partial charge in [0.15, 0.2) is 0 Å². The first-order chi connectivity index (χ1) is 6.52. The average Bonchev–Trinajstić information content (AvgIpc) is 2.08. The summed E-state index contributed by atoms with van der Waals surface area (Å²) in [5.41, 5.74) is 9.15. The molecule has 0 atom stereocenters. The van der Waals surface area contributed by atoms with E-state index in [0.29, 0.717) is 5.92 Å². The standard InChI is InChI=1S/C12H20N2/c1-9(2)8-14(4)12-7-5-6-11(13)10(12)3/h5-7,9H,8,13H2,1-4H3. The van der Waals surface area contributed by atoms with E-state index in [1.54, 1.807) is 0 Å². The molecule has 14 heavy (non-hydrogen) atoms. The number of nitrogens with zero attached hydrogens (tertiary/aromatic N) is 1. The molecule has 0 saturated carbocycles. The van der Waals surface area contributed by atoms with Gasteiger partial charge in [-0.2, -0.15) is 0 Å². The van der Waals surface area contributed by atoms with Crippen LogP contribution in [-0.2, 0) is 0 Å². The normalized spacial score (nSPS) is 10.6. The fourth-order valence-corrected chi connectivity index (χ4v) is 1.70. The van der Waals surface area contributed by atoms with Crippen molar-refractivity contribution in [1.82, 2.24) is 0 Å².